The summed E-state index contributed by atoms with van der Waals surface area (Å²) >= 11 is 0. The first-order valence-corrected chi connectivity index (χ1v) is 9.89. The Bertz CT molecular complexity index is 775. The third-order valence-electron chi connectivity index (χ3n) is 6.21. The molecule has 1 amide bonds. The summed E-state index contributed by atoms with van der Waals surface area (Å²) in [6, 6.07) is 10.6. The second kappa shape index (κ2) is 7.82. The van der Waals surface area contributed by atoms with E-state index in [-0.39, 0.29) is 11.4 Å². The number of nitrogens with zero attached hydrogens (tertiary/aromatic N) is 4. The number of carbonyl (C=O) groups is 1. The average molecular weight is 367 g/mol. The van der Waals surface area contributed by atoms with Gasteiger partial charge in [0.05, 0.1) is 6.54 Å². The Hall–Kier alpha value is -2.18. The molecular weight excluding hydrogens is 338 g/mol. The van der Waals surface area contributed by atoms with Crippen LogP contribution in [0.4, 0.5) is 0 Å². The van der Waals surface area contributed by atoms with Gasteiger partial charge in [-0.05, 0) is 37.1 Å². The van der Waals surface area contributed by atoms with Crippen molar-refractivity contribution in [2.75, 3.05) is 33.2 Å². The van der Waals surface area contributed by atoms with Crippen molar-refractivity contribution in [3.63, 3.8) is 0 Å². The van der Waals surface area contributed by atoms with Crippen LogP contribution in [0.3, 0.4) is 0 Å². The molecule has 0 saturated carbocycles. The second-order valence-corrected chi connectivity index (χ2v) is 7.93. The van der Waals surface area contributed by atoms with Crippen molar-refractivity contribution in [1.29, 1.82) is 0 Å². The van der Waals surface area contributed by atoms with E-state index in [1.165, 1.54) is 11.1 Å². The van der Waals surface area contributed by atoms with E-state index < -0.39 is 0 Å². The number of hydrogen-bond acceptors (Lipinski definition) is 4. The van der Waals surface area contributed by atoms with Crippen LogP contribution < -0.4 is 5.32 Å². The van der Waals surface area contributed by atoms with E-state index in [0.29, 0.717) is 6.42 Å². The molecule has 0 unspecified atom stereocenters. The molecule has 0 aliphatic carbocycles. The normalized spacial score (nSPS) is 24.7. The van der Waals surface area contributed by atoms with Crippen molar-refractivity contribution < 1.29 is 4.79 Å². The summed E-state index contributed by atoms with van der Waals surface area (Å²) in [6.45, 7) is 5.68. The molecule has 0 radical (unpaired) electrons. The summed E-state index contributed by atoms with van der Waals surface area (Å²) in [5, 5.41) is 7.39. The number of likely N-dealkylation sites (N-methyl/N-ethyl adjacent to an activating group) is 1. The Labute approximate surface area is 161 Å². The lowest BCUT2D eigenvalue weighted by atomic mass is 9.86. The predicted octanol–water partition coefficient (Wildman–Crippen LogP) is 1.72. The molecule has 6 heteroatoms. The lowest BCUT2D eigenvalue weighted by Gasteiger charge is -2.49. The van der Waals surface area contributed by atoms with Gasteiger partial charge in [-0.2, -0.15) is 5.10 Å². The quantitative estimate of drug-likeness (QED) is 0.894. The number of hydrogen-bond donors (Lipinski definition) is 1. The zero-order chi connectivity index (χ0) is 18.7. The maximum absolute atomic E-state index is 11.8. The highest BCUT2D eigenvalue weighted by atomic mass is 16.1. The molecule has 1 aromatic carbocycles. The molecule has 144 valence electrons. The molecule has 3 heterocycles. The minimum absolute atomic E-state index is 0.105. The standard InChI is InChI=1S/C21H29N5O/c1-24-13-14-25(17-21(24)8-7-20(27)22-11-9-21)15-18-5-2-3-6-19(18)16-26-12-4-10-23-26/h2-6,10,12H,7-9,11,13-17H2,1H3,(H,22,27)/t21-/m1/s1. The van der Waals surface area contributed by atoms with Gasteiger partial charge >= 0.3 is 0 Å². The molecule has 2 saturated heterocycles. The Morgan fingerprint density at radius 3 is 2.70 bits per heavy atom. The molecule has 2 fully saturated rings. The van der Waals surface area contributed by atoms with E-state index in [9.17, 15) is 4.79 Å². The van der Waals surface area contributed by atoms with Crippen LogP contribution in [-0.2, 0) is 17.9 Å². The first-order chi connectivity index (χ1) is 13.1. The molecule has 1 N–H and O–H groups in total. The fourth-order valence-corrected chi connectivity index (χ4v) is 4.49. The third-order valence-corrected chi connectivity index (χ3v) is 6.21. The maximum Gasteiger partial charge on any atom is 0.220 e. The van der Waals surface area contributed by atoms with Crippen LogP contribution >= 0.6 is 0 Å². The van der Waals surface area contributed by atoms with Crippen LogP contribution in [0.5, 0.6) is 0 Å². The highest BCUT2D eigenvalue weighted by molar-refractivity contribution is 5.76. The monoisotopic (exact) mass is 367 g/mol. The lowest BCUT2D eigenvalue weighted by molar-refractivity contribution is -0.121. The molecular formula is C21H29N5O. The molecule has 4 rings (SSSR count). The summed E-state index contributed by atoms with van der Waals surface area (Å²) < 4.78 is 1.98. The van der Waals surface area contributed by atoms with E-state index in [4.69, 9.17) is 0 Å². The van der Waals surface area contributed by atoms with E-state index in [2.05, 4.69) is 51.5 Å². The van der Waals surface area contributed by atoms with Gasteiger partial charge in [-0.15, -0.1) is 0 Å². The van der Waals surface area contributed by atoms with E-state index in [1.807, 2.05) is 23.1 Å². The smallest absolute Gasteiger partial charge is 0.220 e. The molecule has 1 atom stereocenters. The minimum atomic E-state index is 0.105. The fraction of sp³-hybridized carbons (Fsp3) is 0.524. The van der Waals surface area contributed by atoms with Gasteiger partial charge in [0.25, 0.3) is 0 Å². The predicted molar refractivity (Wildman–Crippen MR) is 105 cm³/mol. The topological polar surface area (TPSA) is 53.4 Å². The summed E-state index contributed by atoms with van der Waals surface area (Å²) in [4.78, 5) is 16.9. The highest BCUT2D eigenvalue weighted by Crippen LogP contribution is 2.31. The third kappa shape index (κ3) is 4.06. The number of piperazine rings is 1. The number of aromatic nitrogens is 2. The molecule has 2 aromatic rings. The van der Waals surface area contributed by atoms with Gasteiger partial charge in [-0.3, -0.25) is 19.3 Å². The van der Waals surface area contributed by atoms with Crippen LogP contribution in [0, 0.1) is 0 Å². The molecule has 27 heavy (non-hydrogen) atoms. The first-order valence-electron chi connectivity index (χ1n) is 9.89. The second-order valence-electron chi connectivity index (χ2n) is 7.93. The minimum Gasteiger partial charge on any atom is -0.356 e. The van der Waals surface area contributed by atoms with Gasteiger partial charge in [0.15, 0.2) is 0 Å². The summed E-state index contributed by atoms with van der Waals surface area (Å²) in [6.07, 6.45) is 6.45. The van der Waals surface area contributed by atoms with Crippen LogP contribution in [0.1, 0.15) is 30.4 Å². The van der Waals surface area contributed by atoms with Crippen molar-refractivity contribution in [3.05, 3.63) is 53.9 Å². The first kappa shape index (κ1) is 18.2. The summed E-state index contributed by atoms with van der Waals surface area (Å²) in [5.74, 6) is 0.196. The molecule has 0 bridgehead atoms. The number of rotatable bonds is 4. The van der Waals surface area contributed by atoms with Crippen molar-refractivity contribution in [3.8, 4) is 0 Å². The lowest BCUT2D eigenvalue weighted by Crippen LogP contribution is -2.60. The van der Waals surface area contributed by atoms with E-state index in [0.717, 1.165) is 52.1 Å². The average Bonchev–Trinajstić information content (AvgIpc) is 3.10. The Morgan fingerprint density at radius 1 is 1.11 bits per heavy atom. The number of carbonyl (C=O) groups excluding carboxylic acids is 1. The zero-order valence-electron chi connectivity index (χ0n) is 16.1. The SMILES string of the molecule is CN1CCN(Cc2ccccc2Cn2cccn2)C[C@@]12CCNC(=O)CC2. The molecule has 1 aromatic heterocycles. The van der Waals surface area contributed by atoms with Gasteiger partial charge in [-0.1, -0.05) is 24.3 Å². The largest absolute Gasteiger partial charge is 0.356 e. The summed E-state index contributed by atoms with van der Waals surface area (Å²) in [5.41, 5.74) is 2.80. The van der Waals surface area contributed by atoms with Gasteiger partial charge in [0.1, 0.15) is 0 Å². The summed E-state index contributed by atoms with van der Waals surface area (Å²) in [7, 11) is 2.22. The van der Waals surface area contributed by atoms with Gasteiger partial charge in [0, 0.05) is 57.1 Å². The zero-order valence-corrected chi connectivity index (χ0v) is 16.1. The Kier molecular flexibility index (Phi) is 5.27. The van der Waals surface area contributed by atoms with E-state index >= 15 is 0 Å². The van der Waals surface area contributed by atoms with Gasteiger partial charge < -0.3 is 5.32 Å². The van der Waals surface area contributed by atoms with Crippen LogP contribution in [-0.4, -0.2) is 64.3 Å². The number of nitrogens with one attached hydrogen (secondary N) is 1. The van der Waals surface area contributed by atoms with Crippen LogP contribution in [0.2, 0.25) is 0 Å². The Morgan fingerprint density at radius 2 is 1.93 bits per heavy atom. The van der Waals surface area contributed by atoms with Crippen molar-refractivity contribution in [1.82, 2.24) is 24.9 Å². The Balaban J connectivity index is 1.49. The highest BCUT2D eigenvalue weighted by Gasteiger charge is 2.40. The van der Waals surface area contributed by atoms with Gasteiger partial charge in [-0.25, -0.2) is 0 Å². The van der Waals surface area contributed by atoms with Crippen LogP contribution in [0.15, 0.2) is 42.7 Å². The molecule has 2 aliphatic heterocycles. The molecule has 2 aliphatic rings. The number of benzene rings is 1. The van der Waals surface area contributed by atoms with Crippen molar-refractivity contribution in [2.45, 2.75) is 37.9 Å². The van der Waals surface area contributed by atoms with E-state index in [1.54, 1.807) is 0 Å². The van der Waals surface area contributed by atoms with Crippen molar-refractivity contribution in [2.24, 2.45) is 0 Å². The fourth-order valence-electron chi connectivity index (χ4n) is 4.49. The van der Waals surface area contributed by atoms with Crippen molar-refractivity contribution >= 4 is 5.91 Å². The maximum atomic E-state index is 11.8. The van der Waals surface area contributed by atoms with Gasteiger partial charge in [0.2, 0.25) is 5.91 Å². The van der Waals surface area contributed by atoms with Crippen LogP contribution in [0.25, 0.3) is 0 Å². The number of amides is 1. The molecule has 1 spiro atoms. The molecule has 6 nitrogen and oxygen atoms in total.